The molecule has 0 spiro atoms. The molecule has 0 radical (unpaired) electrons. The van der Waals surface area contributed by atoms with Gasteiger partial charge in [0.25, 0.3) is 0 Å². The van der Waals surface area contributed by atoms with Crippen LogP contribution in [0.15, 0.2) is 47.8 Å². The predicted molar refractivity (Wildman–Crippen MR) is 163 cm³/mol. The highest BCUT2D eigenvalue weighted by Crippen LogP contribution is 2.32. The minimum atomic E-state index is -0.924. The van der Waals surface area contributed by atoms with E-state index < -0.39 is 17.2 Å². The average Bonchev–Trinajstić information content (AvgIpc) is 3.29. The van der Waals surface area contributed by atoms with Crippen LogP contribution in [0.5, 0.6) is 0 Å². The van der Waals surface area contributed by atoms with E-state index in [1.54, 1.807) is 29.3 Å². The number of anilines is 1. The smallest absolute Gasteiger partial charge is 0.410 e. The second kappa shape index (κ2) is 12.2. The molecule has 1 atom stereocenters. The summed E-state index contributed by atoms with van der Waals surface area (Å²) in [6.45, 7) is 7.40. The molecule has 1 amide bonds. The Hall–Kier alpha value is -3.75. The summed E-state index contributed by atoms with van der Waals surface area (Å²) in [5.74, 6) is -0.786. The largest absolute Gasteiger partial charge is 0.444 e. The highest BCUT2D eigenvalue weighted by molar-refractivity contribution is 14.1. The van der Waals surface area contributed by atoms with Crippen molar-refractivity contribution in [3.63, 3.8) is 0 Å². The maximum absolute atomic E-state index is 13.7. The van der Waals surface area contributed by atoms with Gasteiger partial charge in [0.2, 0.25) is 5.95 Å². The number of amides is 1. The summed E-state index contributed by atoms with van der Waals surface area (Å²) in [6, 6.07) is 8.83. The van der Waals surface area contributed by atoms with E-state index in [4.69, 9.17) is 14.7 Å². The topological polar surface area (TPSA) is 115 Å². The number of ether oxygens (including phenoxy) is 1. The van der Waals surface area contributed by atoms with Gasteiger partial charge in [-0.15, -0.1) is 4.91 Å². The number of nitrogens with one attached hydrogen (secondary N) is 1. The van der Waals surface area contributed by atoms with Gasteiger partial charge in [-0.1, -0.05) is 6.07 Å². The standard InChI is InChI=1S/C29H30F2IN7O3/c1-29(2,3)42-28(40)38-10-4-5-18(15-38)16-39-25(20-8-7-19(37-41)12-23(20)32)35-24-14-34-27(36-26(24)39)33-13-17-6-9-21(30)22(31)11-17/h6-9,11-12,14,18H,4-5,10,13,15-16H2,1-3H3,(H,33,34,36)/t18-/m1/s1. The first-order chi connectivity index (χ1) is 20.0. The molecule has 4 aromatic rings. The third-order valence-corrected chi connectivity index (χ3v) is 7.73. The fourth-order valence-corrected chi connectivity index (χ4v) is 5.66. The van der Waals surface area contributed by atoms with Crippen molar-refractivity contribution in [1.82, 2.24) is 24.4 Å². The second-order valence-electron chi connectivity index (χ2n) is 11.2. The van der Waals surface area contributed by atoms with Crippen LogP contribution in [-0.2, 0) is 17.8 Å². The molecule has 220 valence electrons. The third kappa shape index (κ3) is 6.82. The molecular weight excluding hydrogens is 659 g/mol. The van der Waals surface area contributed by atoms with Crippen molar-refractivity contribution >= 4 is 51.5 Å². The van der Waals surface area contributed by atoms with E-state index in [1.165, 1.54) is 6.07 Å². The molecule has 1 aliphatic rings. The predicted octanol–water partition coefficient (Wildman–Crippen LogP) is 7.03. The molecule has 0 bridgehead atoms. The lowest BCUT2D eigenvalue weighted by Gasteiger charge is -2.34. The molecule has 0 aliphatic carbocycles. The highest BCUT2D eigenvalue weighted by Gasteiger charge is 2.29. The molecule has 1 N–H and O–H groups in total. The summed E-state index contributed by atoms with van der Waals surface area (Å²) < 4.78 is 35.5. The quantitative estimate of drug-likeness (QED) is 0.164. The Balaban J connectivity index is 1.48. The zero-order valence-electron chi connectivity index (χ0n) is 23.4. The van der Waals surface area contributed by atoms with Crippen molar-refractivity contribution in [2.45, 2.75) is 52.3 Å². The van der Waals surface area contributed by atoms with Crippen LogP contribution >= 0.6 is 22.6 Å². The number of fused-ring (bicyclic) bond motifs is 1. The van der Waals surface area contributed by atoms with Crippen molar-refractivity contribution in [3.05, 3.63) is 68.3 Å². The monoisotopic (exact) mass is 689 g/mol. The molecular formula is C29H30F2IN7O3. The lowest BCUT2D eigenvalue weighted by atomic mass is 9.98. The molecule has 13 heteroatoms. The van der Waals surface area contributed by atoms with E-state index in [2.05, 4.69) is 38.1 Å². The van der Waals surface area contributed by atoms with Gasteiger partial charge in [0, 0.05) is 35.3 Å². The Labute approximate surface area is 255 Å². The van der Waals surface area contributed by atoms with Crippen LogP contribution in [0.2, 0.25) is 0 Å². The van der Waals surface area contributed by atoms with Crippen molar-refractivity contribution in [2.24, 2.45) is 11.1 Å². The number of halogens is 3. The number of carbonyl (C=O) groups is 1. The number of nitrogens with zero attached hydrogens (tertiary/aromatic N) is 6. The molecule has 0 unspecified atom stereocenters. The lowest BCUT2D eigenvalue weighted by molar-refractivity contribution is 0.0158. The van der Waals surface area contributed by atoms with E-state index in [1.807, 2.05) is 25.3 Å². The minimum absolute atomic E-state index is 0.101. The first-order valence-electron chi connectivity index (χ1n) is 13.5. The van der Waals surface area contributed by atoms with E-state index in [-0.39, 0.29) is 18.6 Å². The van der Waals surface area contributed by atoms with Crippen LogP contribution in [0.4, 0.5) is 25.2 Å². The molecule has 42 heavy (non-hydrogen) atoms. The molecule has 0 saturated carbocycles. The summed E-state index contributed by atoms with van der Waals surface area (Å²) in [5.41, 5.74) is 2.21. The second-order valence-corrected chi connectivity index (χ2v) is 12.4. The van der Waals surface area contributed by atoms with Gasteiger partial charge in [-0.05, 0) is 103 Å². The molecule has 5 rings (SSSR count). The normalized spacial score (nSPS) is 15.6. The zero-order valence-corrected chi connectivity index (χ0v) is 25.6. The number of likely N-dealkylation sites (tertiary alicyclic amines) is 1. The van der Waals surface area contributed by atoms with Crippen LogP contribution < -0.4 is 5.32 Å². The number of hydrogen-bond acceptors (Lipinski definition) is 8. The van der Waals surface area contributed by atoms with Crippen molar-refractivity contribution < 1.29 is 18.3 Å². The van der Waals surface area contributed by atoms with Gasteiger partial charge >= 0.3 is 6.09 Å². The molecule has 1 saturated heterocycles. The number of hydrogen-bond donors (Lipinski definition) is 1. The van der Waals surface area contributed by atoms with Crippen LogP contribution in [0.3, 0.4) is 0 Å². The van der Waals surface area contributed by atoms with Gasteiger partial charge in [0.05, 0.1) is 6.20 Å². The number of piperidine rings is 1. The number of aromatic nitrogens is 4. The number of imidazole rings is 1. The summed E-state index contributed by atoms with van der Waals surface area (Å²) in [6.07, 6.45) is 3.01. The Kier molecular flexibility index (Phi) is 8.66. The van der Waals surface area contributed by atoms with E-state index in [9.17, 15) is 18.5 Å². The van der Waals surface area contributed by atoms with Gasteiger partial charge in [-0.25, -0.2) is 23.5 Å². The van der Waals surface area contributed by atoms with Crippen molar-refractivity contribution in [3.8, 4) is 11.4 Å². The average molecular weight is 690 g/mol. The van der Waals surface area contributed by atoms with E-state index in [0.717, 1.165) is 34.1 Å². The van der Waals surface area contributed by atoms with Crippen molar-refractivity contribution in [1.29, 1.82) is 0 Å². The van der Waals surface area contributed by atoms with E-state index in [0.29, 0.717) is 53.8 Å². The molecule has 10 nitrogen and oxygen atoms in total. The van der Waals surface area contributed by atoms with Gasteiger partial charge in [0.1, 0.15) is 22.6 Å². The number of nitroso groups, excluding NO2 is 1. The number of rotatable bonds is 7. The Morgan fingerprint density at radius 2 is 1.98 bits per heavy atom. The first kappa shape index (κ1) is 29.7. The molecule has 2 aromatic carbocycles. The maximum Gasteiger partial charge on any atom is 0.410 e. The molecule has 3 heterocycles. The van der Waals surface area contributed by atoms with Crippen molar-refractivity contribution in [2.75, 3.05) is 18.4 Å². The Morgan fingerprint density at radius 3 is 2.69 bits per heavy atom. The minimum Gasteiger partial charge on any atom is -0.444 e. The summed E-state index contributed by atoms with van der Waals surface area (Å²) in [7, 11) is 0. The fraction of sp³-hybridized carbons (Fsp3) is 0.379. The van der Waals surface area contributed by atoms with Crippen LogP contribution in [0.1, 0.15) is 39.2 Å². The lowest BCUT2D eigenvalue weighted by Crippen LogP contribution is -2.43. The van der Waals surface area contributed by atoms with E-state index >= 15 is 0 Å². The van der Waals surface area contributed by atoms with Crippen LogP contribution in [0.25, 0.3) is 22.6 Å². The third-order valence-electron chi connectivity index (χ3n) is 6.83. The SMILES string of the molecule is CC(C)(C)OC(=O)N1CCC[C@@H](Cn2c(-c3ccc(N=O)cc3I)nc3cnc(NCc4ccc(F)c(F)c4)nc32)C1. The van der Waals surface area contributed by atoms with Gasteiger partial charge < -0.3 is 19.5 Å². The highest BCUT2D eigenvalue weighted by atomic mass is 127. The van der Waals surface area contributed by atoms with Crippen LogP contribution in [-0.4, -0.2) is 49.2 Å². The Bertz CT molecular complexity index is 1640. The summed E-state index contributed by atoms with van der Waals surface area (Å²) >= 11 is 2.15. The molecule has 1 fully saturated rings. The first-order valence-corrected chi connectivity index (χ1v) is 14.6. The summed E-state index contributed by atoms with van der Waals surface area (Å²) in [4.78, 5) is 39.6. The number of benzene rings is 2. The van der Waals surface area contributed by atoms with Gasteiger partial charge in [-0.2, -0.15) is 4.98 Å². The molecule has 1 aliphatic heterocycles. The zero-order chi connectivity index (χ0) is 30.0. The van der Waals surface area contributed by atoms with Crippen LogP contribution in [0, 0.1) is 26.0 Å². The number of carbonyl (C=O) groups excluding carboxylic acids is 1. The fourth-order valence-electron chi connectivity index (χ4n) is 4.92. The Morgan fingerprint density at radius 1 is 1.17 bits per heavy atom. The summed E-state index contributed by atoms with van der Waals surface area (Å²) in [5, 5.41) is 6.12. The molecule has 2 aromatic heterocycles. The van der Waals surface area contributed by atoms with Gasteiger partial charge in [-0.3, -0.25) is 0 Å². The van der Waals surface area contributed by atoms with Gasteiger partial charge in [0.15, 0.2) is 17.3 Å². The maximum atomic E-state index is 13.7.